The van der Waals surface area contributed by atoms with Gasteiger partial charge in [0.15, 0.2) is 0 Å². The zero-order valence-corrected chi connectivity index (χ0v) is 17.9. The summed E-state index contributed by atoms with van der Waals surface area (Å²) in [6.07, 6.45) is 1.56. The van der Waals surface area contributed by atoms with E-state index in [0.29, 0.717) is 5.56 Å². The van der Waals surface area contributed by atoms with E-state index >= 15 is 0 Å². The number of benzene rings is 3. The summed E-state index contributed by atoms with van der Waals surface area (Å²) in [5, 5.41) is 26.0. The lowest BCUT2D eigenvalue weighted by Crippen LogP contribution is -2.19. The molecule has 0 atom stereocenters. The van der Waals surface area contributed by atoms with Crippen LogP contribution in [0.4, 0.5) is 11.4 Å². The second kappa shape index (κ2) is 10.3. The van der Waals surface area contributed by atoms with Crippen LogP contribution >= 0.6 is 15.9 Å². The Morgan fingerprint density at radius 3 is 2.47 bits per heavy atom. The topological polar surface area (TPSA) is 137 Å². The molecule has 0 saturated carbocycles. The fourth-order valence-corrected chi connectivity index (χ4v) is 2.90. The Hall–Kier alpha value is -4.12. The minimum atomic E-state index is -0.755. The smallest absolute Gasteiger partial charge is 0.318 e. The van der Waals surface area contributed by atoms with Gasteiger partial charge in [-0.3, -0.25) is 25.0 Å². The molecule has 0 heterocycles. The summed E-state index contributed by atoms with van der Waals surface area (Å²) < 4.78 is 6.46. The maximum atomic E-state index is 12.0. The lowest BCUT2D eigenvalue weighted by molar-refractivity contribution is -0.394. The van der Waals surface area contributed by atoms with Gasteiger partial charge in [0.05, 0.1) is 28.5 Å². The number of nitro groups is 2. The second-order valence-electron chi connectivity index (χ2n) is 6.44. The van der Waals surface area contributed by atoms with E-state index in [-0.39, 0.29) is 23.8 Å². The summed E-state index contributed by atoms with van der Waals surface area (Å²) in [6, 6.07) is 16.9. The molecule has 3 rings (SSSR count). The van der Waals surface area contributed by atoms with Crippen LogP contribution < -0.4 is 10.2 Å². The fraction of sp³-hybridized carbons (Fsp3) is 0.0476. The van der Waals surface area contributed by atoms with Gasteiger partial charge in [0.2, 0.25) is 11.7 Å². The number of halogens is 1. The molecular weight excluding hydrogens is 484 g/mol. The standard InChI is InChI=1S/C21H15BrN4O6/c22-16-6-4-14(5-7-16)11-21(27)24-23-13-15-2-1-3-18(10-15)32-20-9-8-17(25(28)29)12-19(20)26(30)31/h1-10,12-13H,11H2,(H,24,27)/b23-13-. The van der Waals surface area contributed by atoms with Crippen LogP contribution in [0.5, 0.6) is 11.5 Å². The van der Waals surface area contributed by atoms with E-state index in [1.165, 1.54) is 12.3 Å². The van der Waals surface area contributed by atoms with Gasteiger partial charge in [0, 0.05) is 10.5 Å². The number of nitrogens with zero attached hydrogens (tertiary/aromatic N) is 3. The number of nitrogens with one attached hydrogen (secondary N) is 1. The number of nitro benzene ring substituents is 2. The highest BCUT2D eigenvalue weighted by molar-refractivity contribution is 9.10. The molecule has 0 aliphatic rings. The van der Waals surface area contributed by atoms with Gasteiger partial charge in [-0.05, 0) is 41.5 Å². The molecular formula is C21H15BrN4O6. The average Bonchev–Trinajstić information content (AvgIpc) is 2.75. The maximum Gasteiger partial charge on any atom is 0.318 e. The predicted octanol–water partition coefficient (Wildman–Crippen LogP) is 4.75. The average molecular weight is 499 g/mol. The highest BCUT2D eigenvalue weighted by Gasteiger charge is 2.21. The summed E-state index contributed by atoms with van der Waals surface area (Å²) >= 11 is 3.33. The van der Waals surface area contributed by atoms with Gasteiger partial charge in [0.25, 0.3) is 5.69 Å². The number of ether oxygens (including phenoxy) is 1. The third-order valence-corrected chi connectivity index (χ3v) is 4.65. The quantitative estimate of drug-likeness (QED) is 0.270. The number of rotatable bonds is 8. The zero-order chi connectivity index (χ0) is 23.1. The van der Waals surface area contributed by atoms with Crippen LogP contribution in [0.25, 0.3) is 0 Å². The molecule has 0 saturated heterocycles. The van der Waals surface area contributed by atoms with Crippen molar-refractivity contribution in [3.8, 4) is 11.5 Å². The van der Waals surface area contributed by atoms with Crippen molar-refractivity contribution in [2.75, 3.05) is 0 Å². The molecule has 0 aromatic heterocycles. The minimum Gasteiger partial charge on any atom is -0.450 e. The SMILES string of the molecule is O=C(Cc1ccc(Br)cc1)N/N=C\c1cccc(Oc2ccc([N+](=O)[O-])cc2[N+](=O)[O-])c1. The number of hydrogen-bond donors (Lipinski definition) is 1. The van der Waals surface area contributed by atoms with E-state index in [2.05, 4.69) is 26.5 Å². The Bertz CT molecular complexity index is 1200. The van der Waals surface area contributed by atoms with Crippen LogP contribution in [0.3, 0.4) is 0 Å². The molecule has 32 heavy (non-hydrogen) atoms. The summed E-state index contributed by atoms with van der Waals surface area (Å²) in [6.45, 7) is 0. The minimum absolute atomic E-state index is 0.141. The molecule has 0 bridgehead atoms. The van der Waals surface area contributed by atoms with Crippen molar-refractivity contribution in [3.63, 3.8) is 0 Å². The lowest BCUT2D eigenvalue weighted by Gasteiger charge is -2.07. The van der Waals surface area contributed by atoms with Gasteiger partial charge in [-0.2, -0.15) is 5.10 Å². The molecule has 0 unspecified atom stereocenters. The normalized spacial score (nSPS) is 10.7. The van der Waals surface area contributed by atoms with Gasteiger partial charge < -0.3 is 4.74 Å². The molecule has 162 valence electrons. The van der Waals surface area contributed by atoms with Crippen molar-refractivity contribution in [2.45, 2.75) is 6.42 Å². The number of amides is 1. The van der Waals surface area contributed by atoms with Crippen molar-refractivity contribution >= 4 is 39.4 Å². The van der Waals surface area contributed by atoms with Crippen LogP contribution in [0.1, 0.15) is 11.1 Å². The molecule has 3 aromatic rings. The molecule has 0 radical (unpaired) electrons. The van der Waals surface area contributed by atoms with Crippen molar-refractivity contribution in [2.24, 2.45) is 5.10 Å². The van der Waals surface area contributed by atoms with Gasteiger partial charge in [-0.25, -0.2) is 5.43 Å². The summed E-state index contributed by atoms with van der Waals surface area (Å²) in [5.74, 6) is -0.179. The Morgan fingerprint density at radius 2 is 1.78 bits per heavy atom. The number of hydrazone groups is 1. The van der Waals surface area contributed by atoms with E-state index in [9.17, 15) is 25.0 Å². The Balaban J connectivity index is 1.66. The van der Waals surface area contributed by atoms with Gasteiger partial charge in [-0.15, -0.1) is 0 Å². The number of carbonyl (C=O) groups is 1. The van der Waals surface area contributed by atoms with Crippen molar-refractivity contribution < 1.29 is 19.4 Å². The van der Waals surface area contributed by atoms with Gasteiger partial charge in [0.1, 0.15) is 5.75 Å². The van der Waals surface area contributed by atoms with E-state index in [1.807, 2.05) is 24.3 Å². The molecule has 3 aromatic carbocycles. The van der Waals surface area contributed by atoms with Crippen molar-refractivity contribution in [3.05, 3.63) is 103 Å². The van der Waals surface area contributed by atoms with Crippen LogP contribution in [-0.4, -0.2) is 22.0 Å². The third-order valence-electron chi connectivity index (χ3n) is 4.12. The molecule has 11 heteroatoms. The van der Waals surface area contributed by atoms with Gasteiger partial charge in [-0.1, -0.05) is 40.2 Å². The Labute approximate surface area is 190 Å². The number of hydrogen-bond acceptors (Lipinski definition) is 7. The molecule has 1 N–H and O–H groups in total. The third kappa shape index (κ3) is 6.19. The molecule has 10 nitrogen and oxygen atoms in total. The summed E-state index contributed by atoms with van der Waals surface area (Å²) in [4.78, 5) is 32.6. The van der Waals surface area contributed by atoms with Crippen molar-refractivity contribution in [1.82, 2.24) is 5.43 Å². The van der Waals surface area contributed by atoms with E-state index in [1.54, 1.807) is 24.3 Å². The van der Waals surface area contributed by atoms with Crippen molar-refractivity contribution in [1.29, 1.82) is 0 Å². The van der Waals surface area contributed by atoms with Crippen LogP contribution in [-0.2, 0) is 11.2 Å². The predicted molar refractivity (Wildman–Crippen MR) is 120 cm³/mol. The Morgan fingerprint density at radius 1 is 1.03 bits per heavy atom. The van der Waals surface area contributed by atoms with Crippen LogP contribution in [0.15, 0.2) is 76.3 Å². The molecule has 0 aliphatic heterocycles. The number of non-ortho nitro benzene ring substituents is 1. The first-order valence-electron chi connectivity index (χ1n) is 9.09. The second-order valence-corrected chi connectivity index (χ2v) is 7.35. The Kier molecular flexibility index (Phi) is 7.24. The fourth-order valence-electron chi connectivity index (χ4n) is 2.64. The maximum absolute atomic E-state index is 12.0. The highest BCUT2D eigenvalue weighted by Crippen LogP contribution is 2.34. The summed E-state index contributed by atoms with van der Waals surface area (Å²) in [7, 11) is 0. The largest absolute Gasteiger partial charge is 0.450 e. The zero-order valence-electron chi connectivity index (χ0n) is 16.3. The first-order chi connectivity index (χ1) is 15.3. The highest BCUT2D eigenvalue weighted by atomic mass is 79.9. The van der Waals surface area contributed by atoms with E-state index in [0.717, 1.165) is 22.2 Å². The van der Waals surface area contributed by atoms with E-state index in [4.69, 9.17) is 4.74 Å². The molecule has 1 amide bonds. The first kappa shape index (κ1) is 22.6. The molecule has 0 aliphatic carbocycles. The van der Waals surface area contributed by atoms with Crippen LogP contribution in [0, 0.1) is 20.2 Å². The van der Waals surface area contributed by atoms with E-state index < -0.39 is 21.2 Å². The molecule has 0 spiro atoms. The van der Waals surface area contributed by atoms with Crippen LogP contribution in [0.2, 0.25) is 0 Å². The lowest BCUT2D eigenvalue weighted by atomic mass is 10.1. The van der Waals surface area contributed by atoms with Gasteiger partial charge >= 0.3 is 5.69 Å². The first-order valence-corrected chi connectivity index (χ1v) is 9.88. The summed E-state index contributed by atoms with van der Waals surface area (Å²) in [5.41, 5.74) is 2.89. The molecule has 0 fully saturated rings. The number of carbonyl (C=O) groups excluding carboxylic acids is 1. The monoisotopic (exact) mass is 498 g/mol.